The fourth-order valence-corrected chi connectivity index (χ4v) is 2.94. The number of amides is 2. The van der Waals surface area contributed by atoms with Gasteiger partial charge in [-0.1, -0.05) is 12.1 Å². The van der Waals surface area contributed by atoms with Crippen molar-refractivity contribution in [2.45, 2.75) is 19.1 Å². The Morgan fingerprint density at radius 2 is 1.78 bits per heavy atom. The first-order chi connectivity index (χ1) is 13.0. The summed E-state index contributed by atoms with van der Waals surface area (Å²) in [5.74, 6) is 1.18. The first-order valence-electron chi connectivity index (χ1n) is 8.61. The van der Waals surface area contributed by atoms with E-state index in [-0.39, 0.29) is 22.8 Å². The molecule has 0 spiro atoms. The molecule has 0 saturated heterocycles. The van der Waals surface area contributed by atoms with Gasteiger partial charge in [0, 0.05) is 5.69 Å². The van der Waals surface area contributed by atoms with Crippen LogP contribution in [0.3, 0.4) is 0 Å². The number of hydrogen-bond donors (Lipinski definition) is 2. The largest absolute Gasteiger partial charge is 0.495 e. The summed E-state index contributed by atoms with van der Waals surface area (Å²) in [6, 6.07) is 14.4. The standard InChI is InChI=1S/C20H24N2O4S/c1-4-26-16-11-9-15(10-12-16)21-19(23)13-27-14(2)20(24)22-17-7-5-6-8-18(17)25-3/h5-12,14H,4,13H2,1-3H3,(H,21,23)(H,22,24)/t14-/m1/s1. The molecule has 0 bridgehead atoms. The van der Waals surface area contributed by atoms with Crippen LogP contribution in [0.1, 0.15) is 13.8 Å². The fourth-order valence-electron chi connectivity index (χ4n) is 2.26. The number of rotatable bonds is 9. The summed E-state index contributed by atoms with van der Waals surface area (Å²) in [6.07, 6.45) is 0. The van der Waals surface area contributed by atoms with Crippen LogP contribution in [0.25, 0.3) is 0 Å². The van der Waals surface area contributed by atoms with Crippen LogP contribution in [0.15, 0.2) is 48.5 Å². The summed E-state index contributed by atoms with van der Waals surface area (Å²) < 4.78 is 10.6. The van der Waals surface area contributed by atoms with E-state index in [0.29, 0.717) is 23.7 Å². The SMILES string of the molecule is CCOc1ccc(NC(=O)CS[C@H](C)C(=O)Nc2ccccc2OC)cc1. The average molecular weight is 388 g/mol. The molecule has 0 saturated carbocycles. The number of carbonyl (C=O) groups excluding carboxylic acids is 2. The third-order valence-corrected chi connectivity index (χ3v) is 4.79. The van der Waals surface area contributed by atoms with Gasteiger partial charge in [0.2, 0.25) is 11.8 Å². The summed E-state index contributed by atoms with van der Waals surface area (Å²) in [7, 11) is 1.55. The summed E-state index contributed by atoms with van der Waals surface area (Å²) in [5, 5.41) is 5.24. The van der Waals surface area contributed by atoms with Gasteiger partial charge in [-0.2, -0.15) is 0 Å². The predicted octanol–water partition coefficient (Wildman–Crippen LogP) is 3.79. The normalized spacial score (nSPS) is 11.4. The monoisotopic (exact) mass is 388 g/mol. The van der Waals surface area contributed by atoms with E-state index in [2.05, 4.69) is 10.6 Å². The van der Waals surface area contributed by atoms with Gasteiger partial charge in [0.05, 0.1) is 30.4 Å². The molecule has 2 rings (SSSR count). The van der Waals surface area contributed by atoms with Gasteiger partial charge in [0.25, 0.3) is 0 Å². The zero-order chi connectivity index (χ0) is 19.6. The highest BCUT2D eigenvalue weighted by molar-refractivity contribution is 8.01. The molecular formula is C20H24N2O4S. The number of carbonyl (C=O) groups is 2. The Morgan fingerprint density at radius 3 is 2.44 bits per heavy atom. The molecule has 2 aromatic carbocycles. The van der Waals surface area contributed by atoms with Crippen LogP contribution in [-0.2, 0) is 9.59 Å². The Hall–Kier alpha value is -2.67. The van der Waals surface area contributed by atoms with Crippen molar-refractivity contribution in [3.05, 3.63) is 48.5 Å². The van der Waals surface area contributed by atoms with Gasteiger partial charge in [0.15, 0.2) is 0 Å². The molecule has 7 heteroatoms. The van der Waals surface area contributed by atoms with Crippen molar-refractivity contribution >= 4 is 35.0 Å². The minimum atomic E-state index is -0.388. The van der Waals surface area contributed by atoms with Crippen molar-refractivity contribution in [3.8, 4) is 11.5 Å². The third kappa shape index (κ3) is 6.53. The highest BCUT2D eigenvalue weighted by atomic mass is 32.2. The third-order valence-electron chi connectivity index (χ3n) is 3.65. The van der Waals surface area contributed by atoms with Gasteiger partial charge in [0.1, 0.15) is 11.5 Å². The van der Waals surface area contributed by atoms with Crippen molar-refractivity contribution in [2.75, 3.05) is 30.1 Å². The molecule has 144 valence electrons. The van der Waals surface area contributed by atoms with E-state index in [1.165, 1.54) is 11.8 Å². The van der Waals surface area contributed by atoms with Crippen LogP contribution in [0.2, 0.25) is 0 Å². The van der Waals surface area contributed by atoms with Crippen molar-refractivity contribution < 1.29 is 19.1 Å². The predicted molar refractivity (Wildman–Crippen MR) is 110 cm³/mol. The van der Waals surface area contributed by atoms with Gasteiger partial charge in [-0.05, 0) is 50.2 Å². The first kappa shape index (κ1) is 20.6. The van der Waals surface area contributed by atoms with Crippen molar-refractivity contribution in [1.29, 1.82) is 0 Å². The first-order valence-corrected chi connectivity index (χ1v) is 9.66. The molecule has 2 N–H and O–H groups in total. The lowest BCUT2D eigenvalue weighted by atomic mass is 10.3. The van der Waals surface area contributed by atoms with Crippen LogP contribution < -0.4 is 20.1 Å². The van der Waals surface area contributed by atoms with E-state index < -0.39 is 0 Å². The average Bonchev–Trinajstić information content (AvgIpc) is 2.68. The van der Waals surface area contributed by atoms with Gasteiger partial charge >= 0.3 is 0 Å². The molecule has 2 amide bonds. The van der Waals surface area contributed by atoms with E-state index in [9.17, 15) is 9.59 Å². The smallest absolute Gasteiger partial charge is 0.237 e. The Labute approximate surface area is 163 Å². The number of ether oxygens (including phenoxy) is 2. The Balaban J connectivity index is 1.80. The molecular weight excluding hydrogens is 364 g/mol. The maximum Gasteiger partial charge on any atom is 0.237 e. The lowest BCUT2D eigenvalue weighted by Gasteiger charge is -2.14. The Kier molecular flexibility index (Phi) is 8.00. The number of thioether (sulfide) groups is 1. The second kappa shape index (κ2) is 10.5. The maximum atomic E-state index is 12.3. The quantitative estimate of drug-likeness (QED) is 0.683. The van der Waals surface area contributed by atoms with Gasteiger partial charge in [-0.25, -0.2) is 0 Å². The van der Waals surface area contributed by atoms with Crippen molar-refractivity contribution in [2.24, 2.45) is 0 Å². The fraction of sp³-hybridized carbons (Fsp3) is 0.300. The summed E-state index contributed by atoms with van der Waals surface area (Å²) in [5.41, 5.74) is 1.30. The molecule has 2 aromatic rings. The van der Waals surface area contributed by atoms with Crippen LogP contribution in [0.5, 0.6) is 11.5 Å². The van der Waals surface area contributed by atoms with Gasteiger partial charge in [-0.15, -0.1) is 11.8 Å². The molecule has 0 aromatic heterocycles. The zero-order valence-electron chi connectivity index (χ0n) is 15.7. The topological polar surface area (TPSA) is 76.7 Å². The summed E-state index contributed by atoms with van der Waals surface area (Å²) in [4.78, 5) is 24.4. The Bertz CT molecular complexity index is 765. The van der Waals surface area contributed by atoms with Gasteiger partial charge in [-0.3, -0.25) is 9.59 Å². The number of hydrogen-bond acceptors (Lipinski definition) is 5. The number of nitrogens with one attached hydrogen (secondary N) is 2. The molecule has 0 fully saturated rings. The minimum Gasteiger partial charge on any atom is -0.495 e. The van der Waals surface area contributed by atoms with E-state index >= 15 is 0 Å². The maximum absolute atomic E-state index is 12.3. The van der Waals surface area contributed by atoms with Crippen molar-refractivity contribution in [1.82, 2.24) is 0 Å². The lowest BCUT2D eigenvalue weighted by molar-refractivity contribution is -0.115. The number of para-hydroxylation sites is 2. The van der Waals surface area contributed by atoms with Crippen LogP contribution in [0, 0.1) is 0 Å². The highest BCUT2D eigenvalue weighted by Gasteiger charge is 2.17. The van der Waals surface area contributed by atoms with Crippen LogP contribution in [-0.4, -0.2) is 36.5 Å². The molecule has 27 heavy (non-hydrogen) atoms. The molecule has 0 aliphatic heterocycles. The van der Waals surface area contributed by atoms with E-state index in [1.807, 2.05) is 19.1 Å². The van der Waals surface area contributed by atoms with Crippen LogP contribution in [0.4, 0.5) is 11.4 Å². The summed E-state index contributed by atoms with van der Waals surface area (Å²) in [6.45, 7) is 4.27. The van der Waals surface area contributed by atoms with E-state index in [4.69, 9.17) is 9.47 Å². The molecule has 6 nitrogen and oxygen atoms in total. The van der Waals surface area contributed by atoms with E-state index in [0.717, 1.165) is 5.75 Å². The van der Waals surface area contributed by atoms with Crippen LogP contribution >= 0.6 is 11.8 Å². The van der Waals surface area contributed by atoms with E-state index in [1.54, 1.807) is 50.4 Å². The molecule has 0 heterocycles. The number of anilines is 2. The molecule has 0 aliphatic carbocycles. The summed E-state index contributed by atoms with van der Waals surface area (Å²) >= 11 is 1.27. The number of benzene rings is 2. The minimum absolute atomic E-state index is 0.166. The number of methoxy groups -OCH3 is 1. The van der Waals surface area contributed by atoms with Crippen molar-refractivity contribution in [3.63, 3.8) is 0 Å². The molecule has 0 unspecified atom stereocenters. The lowest BCUT2D eigenvalue weighted by Crippen LogP contribution is -2.25. The second-order valence-corrected chi connectivity index (χ2v) is 6.98. The highest BCUT2D eigenvalue weighted by Crippen LogP contribution is 2.24. The zero-order valence-corrected chi connectivity index (χ0v) is 16.5. The molecule has 1 atom stereocenters. The second-order valence-electron chi connectivity index (χ2n) is 5.65. The molecule has 0 radical (unpaired) electrons. The molecule has 0 aliphatic rings. The Morgan fingerprint density at radius 1 is 1.07 bits per heavy atom. The van der Waals surface area contributed by atoms with Gasteiger partial charge < -0.3 is 20.1 Å².